The summed E-state index contributed by atoms with van der Waals surface area (Å²) in [6, 6.07) is 17.5. The van der Waals surface area contributed by atoms with Crippen molar-refractivity contribution in [2.24, 2.45) is 0 Å². The minimum atomic E-state index is -4.78. The number of para-hydroxylation sites is 1. The molecule has 0 radical (unpaired) electrons. The molecule has 0 spiro atoms. The molecule has 0 aliphatic carbocycles. The lowest BCUT2D eigenvalue weighted by Crippen LogP contribution is -2.53. The Bertz CT molecular complexity index is 1740. The molecule has 4 aromatic rings. The molecule has 2 aromatic heterocycles. The van der Waals surface area contributed by atoms with Crippen LogP contribution in [-0.2, 0) is 28.6 Å². The second kappa shape index (κ2) is 14.4. The van der Waals surface area contributed by atoms with Crippen LogP contribution in [0, 0.1) is 17.1 Å². The number of carbonyl (C=O) groups excluding carboxylic acids is 3. The molecule has 46 heavy (non-hydrogen) atoms. The molecule has 11 nitrogen and oxygen atoms in total. The first-order valence-electron chi connectivity index (χ1n) is 14.0. The Kier molecular flexibility index (Phi) is 10.4. The first-order valence-corrected chi connectivity index (χ1v) is 14.0. The minimum Gasteiger partial charge on any atom is -0.340 e. The average molecular weight is 637 g/mol. The fourth-order valence-corrected chi connectivity index (χ4v) is 4.61. The summed E-state index contributed by atoms with van der Waals surface area (Å²) < 4.78 is 52.6. The fraction of sp³-hybridized carbons (Fsp3) is 0.258. The van der Waals surface area contributed by atoms with Crippen LogP contribution in [0.4, 0.5) is 23.4 Å². The van der Waals surface area contributed by atoms with Gasteiger partial charge in [-0.05, 0) is 44.2 Å². The van der Waals surface area contributed by atoms with E-state index in [-0.39, 0.29) is 25.2 Å². The lowest BCUT2D eigenvalue weighted by molar-refractivity contribution is -0.141. The number of aromatic nitrogens is 4. The second-order valence-corrected chi connectivity index (χ2v) is 9.96. The van der Waals surface area contributed by atoms with Crippen LogP contribution < -0.4 is 15.5 Å². The monoisotopic (exact) mass is 636 g/mol. The van der Waals surface area contributed by atoms with Crippen LogP contribution in [0.3, 0.4) is 0 Å². The van der Waals surface area contributed by atoms with Gasteiger partial charge in [0.25, 0.3) is 11.8 Å². The largest absolute Gasteiger partial charge is 0.433 e. The van der Waals surface area contributed by atoms with E-state index in [2.05, 4.69) is 25.7 Å². The Labute approximate surface area is 260 Å². The summed E-state index contributed by atoms with van der Waals surface area (Å²) in [6.45, 7) is 3.41. The Morgan fingerprint density at radius 3 is 2.30 bits per heavy atom. The van der Waals surface area contributed by atoms with Gasteiger partial charge >= 0.3 is 6.18 Å². The number of benzene rings is 2. The summed E-state index contributed by atoms with van der Waals surface area (Å²) in [6.07, 6.45) is -4.26. The van der Waals surface area contributed by atoms with Crippen molar-refractivity contribution in [3.05, 3.63) is 102 Å². The first-order chi connectivity index (χ1) is 21.9. The molecule has 1 aliphatic heterocycles. The molecule has 2 atom stereocenters. The topological polar surface area (TPSA) is 146 Å². The lowest BCUT2D eigenvalue weighted by atomic mass is 9.97. The molecule has 15 heteroatoms. The highest BCUT2D eigenvalue weighted by atomic mass is 19.4. The smallest absolute Gasteiger partial charge is 0.340 e. The van der Waals surface area contributed by atoms with Gasteiger partial charge < -0.3 is 10.6 Å². The molecule has 2 unspecified atom stereocenters. The van der Waals surface area contributed by atoms with E-state index >= 15 is 0 Å². The van der Waals surface area contributed by atoms with Gasteiger partial charge in [0.2, 0.25) is 11.7 Å². The molecular formula is C31H28F4N8O3. The zero-order chi connectivity index (χ0) is 33.4. The summed E-state index contributed by atoms with van der Waals surface area (Å²) in [5, 5.41) is 18.6. The van der Waals surface area contributed by atoms with Crippen LogP contribution in [0.2, 0.25) is 0 Å². The Balaban J connectivity index is 0.000000606. The van der Waals surface area contributed by atoms with Crippen molar-refractivity contribution in [1.29, 1.82) is 5.26 Å². The molecule has 0 saturated carbocycles. The minimum absolute atomic E-state index is 0.0847. The molecule has 0 bridgehead atoms. The van der Waals surface area contributed by atoms with E-state index in [1.54, 1.807) is 55.5 Å². The van der Waals surface area contributed by atoms with Crippen molar-refractivity contribution in [3.63, 3.8) is 0 Å². The van der Waals surface area contributed by atoms with Gasteiger partial charge in [0.15, 0.2) is 0 Å². The van der Waals surface area contributed by atoms with Crippen molar-refractivity contribution >= 4 is 23.5 Å². The highest BCUT2D eigenvalue weighted by Gasteiger charge is 2.39. The predicted octanol–water partition coefficient (Wildman–Crippen LogP) is 3.79. The number of amides is 3. The summed E-state index contributed by atoms with van der Waals surface area (Å²) in [5.74, 6) is -2.56. The number of nitrogens with zero attached hydrogens (tertiary/aromatic N) is 6. The van der Waals surface area contributed by atoms with Gasteiger partial charge in [0, 0.05) is 24.7 Å². The third-order valence-electron chi connectivity index (χ3n) is 6.67. The van der Waals surface area contributed by atoms with Crippen molar-refractivity contribution < 1.29 is 31.9 Å². The molecule has 2 aromatic carbocycles. The number of nitriles is 1. The SMILES string of the molecule is CCN1C(=O)C(NC(=O)c2nccc(C(F)(F)F)n2)Cc2c(CC(=O)NC(C)C#N)nn(-c3ccccc3)c21.Fc1ccccc1. The van der Waals surface area contributed by atoms with Gasteiger partial charge in [-0.3, -0.25) is 19.3 Å². The number of nitrogens with one attached hydrogen (secondary N) is 2. The quantitative estimate of drug-likeness (QED) is 0.294. The molecule has 3 heterocycles. The van der Waals surface area contributed by atoms with Crippen LogP contribution >= 0.6 is 0 Å². The number of hydrogen-bond acceptors (Lipinski definition) is 7. The maximum Gasteiger partial charge on any atom is 0.433 e. The summed E-state index contributed by atoms with van der Waals surface area (Å²) in [5.41, 5.74) is 0.142. The van der Waals surface area contributed by atoms with Crippen molar-refractivity contribution in [3.8, 4) is 11.8 Å². The zero-order valence-corrected chi connectivity index (χ0v) is 24.6. The van der Waals surface area contributed by atoms with Crippen LogP contribution in [0.1, 0.15) is 41.4 Å². The van der Waals surface area contributed by atoms with E-state index in [1.807, 2.05) is 6.07 Å². The van der Waals surface area contributed by atoms with E-state index in [9.17, 15) is 31.9 Å². The molecule has 1 aliphatic rings. The number of likely N-dealkylation sites (N-methyl/N-ethyl adjacent to an activating group) is 1. The van der Waals surface area contributed by atoms with E-state index in [0.717, 1.165) is 6.20 Å². The average Bonchev–Trinajstić information content (AvgIpc) is 3.39. The number of halogens is 4. The summed E-state index contributed by atoms with van der Waals surface area (Å²) in [4.78, 5) is 47.1. The number of fused-ring (bicyclic) bond motifs is 1. The van der Waals surface area contributed by atoms with Crippen molar-refractivity contribution in [1.82, 2.24) is 30.4 Å². The molecule has 3 amide bonds. The lowest BCUT2D eigenvalue weighted by Gasteiger charge is -2.32. The summed E-state index contributed by atoms with van der Waals surface area (Å²) in [7, 11) is 0. The second-order valence-electron chi connectivity index (χ2n) is 9.96. The number of alkyl halides is 3. The molecule has 0 saturated heterocycles. The van der Waals surface area contributed by atoms with Crippen LogP contribution in [-0.4, -0.2) is 56.1 Å². The maximum atomic E-state index is 13.4. The normalized spacial score (nSPS) is 14.7. The number of anilines is 1. The number of carbonyl (C=O) groups is 3. The number of rotatable bonds is 7. The third-order valence-corrected chi connectivity index (χ3v) is 6.67. The highest BCUT2D eigenvalue weighted by molar-refractivity contribution is 6.03. The van der Waals surface area contributed by atoms with E-state index < -0.39 is 47.5 Å². The van der Waals surface area contributed by atoms with Gasteiger partial charge in [-0.25, -0.2) is 19.0 Å². The van der Waals surface area contributed by atoms with Crippen LogP contribution in [0.5, 0.6) is 0 Å². The molecular weight excluding hydrogens is 608 g/mol. The highest BCUT2D eigenvalue weighted by Crippen LogP contribution is 2.34. The zero-order valence-electron chi connectivity index (χ0n) is 24.6. The standard InChI is InChI=1S/C25H23F3N8O3.C6H5F/c1-3-35-23-16(11-18(24(35)39)32-22(38)21-30-10-9-19(33-21)25(26,27)28)17(12-20(37)31-14(2)13-29)34-36(23)15-7-5-4-6-8-15;7-6-4-2-1-3-5-6/h4-10,14,18H,3,11-12H2,1-2H3,(H,31,37)(H,32,38);1-5H. The van der Waals surface area contributed by atoms with E-state index in [4.69, 9.17) is 5.26 Å². The van der Waals surface area contributed by atoms with Crippen molar-refractivity contribution in [2.75, 3.05) is 11.4 Å². The van der Waals surface area contributed by atoms with Gasteiger partial charge in [-0.15, -0.1) is 0 Å². The Morgan fingerprint density at radius 1 is 1.09 bits per heavy atom. The van der Waals surface area contributed by atoms with Gasteiger partial charge in [-0.1, -0.05) is 36.4 Å². The van der Waals surface area contributed by atoms with Crippen LogP contribution in [0.15, 0.2) is 72.9 Å². The summed E-state index contributed by atoms with van der Waals surface area (Å²) >= 11 is 0. The first kappa shape index (κ1) is 33.2. The Hall–Kier alpha value is -5.65. The maximum absolute atomic E-state index is 13.4. The van der Waals surface area contributed by atoms with Gasteiger partial charge in [0.1, 0.15) is 29.4 Å². The van der Waals surface area contributed by atoms with E-state index in [0.29, 0.717) is 28.8 Å². The molecule has 238 valence electrons. The molecule has 0 fully saturated rings. The number of hydrogen-bond donors (Lipinski definition) is 2. The predicted molar refractivity (Wildman–Crippen MR) is 157 cm³/mol. The Morgan fingerprint density at radius 2 is 1.74 bits per heavy atom. The van der Waals surface area contributed by atoms with Gasteiger partial charge in [0.05, 0.1) is 23.9 Å². The van der Waals surface area contributed by atoms with Crippen molar-refractivity contribution in [2.45, 2.75) is 44.9 Å². The van der Waals surface area contributed by atoms with E-state index in [1.165, 1.54) is 28.6 Å². The third kappa shape index (κ3) is 7.89. The van der Waals surface area contributed by atoms with Crippen LogP contribution in [0.25, 0.3) is 5.69 Å². The van der Waals surface area contributed by atoms with Gasteiger partial charge in [-0.2, -0.15) is 23.5 Å². The fourth-order valence-electron chi connectivity index (χ4n) is 4.61. The molecule has 5 rings (SSSR count). The molecule has 2 N–H and O–H groups in total.